The summed E-state index contributed by atoms with van der Waals surface area (Å²) in [5.41, 5.74) is 0.840. The van der Waals surface area contributed by atoms with Crippen molar-refractivity contribution in [1.29, 1.82) is 0 Å². The van der Waals surface area contributed by atoms with Gasteiger partial charge in [0.25, 0.3) is 0 Å². The first-order valence-corrected chi connectivity index (χ1v) is 9.67. The number of carboxylic acid groups (broad SMARTS) is 1. The molecule has 1 atom stereocenters. The molecule has 2 heterocycles. The van der Waals surface area contributed by atoms with E-state index in [4.69, 9.17) is 0 Å². The van der Waals surface area contributed by atoms with Gasteiger partial charge in [0, 0.05) is 43.1 Å². The number of unbranched alkanes of at least 4 members (excludes halogenated alkanes) is 1. The Kier molecular flexibility index (Phi) is 7.15. The van der Waals surface area contributed by atoms with Crippen molar-refractivity contribution in [1.82, 2.24) is 10.2 Å². The van der Waals surface area contributed by atoms with Crippen molar-refractivity contribution in [2.45, 2.75) is 57.1 Å². The zero-order valence-electron chi connectivity index (χ0n) is 14.2. The van der Waals surface area contributed by atoms with Crippen molar-refractivity contribution in [2.75, 3.05) is 18.8 Å². The number of carbonyl (C=O) groups is 3. The summed E-state index contributed by atoms with van der Waals surface area (Å²) in [6, 6.07) is 0. The van der Waals surface area contributed by atoms with E-state index in [1.807, 2.05) is 4.90 Å². The van der Waals surface area contributed by atoms with Crippen LogP contribution in [0.3, 0.4) is 0 Å². The second-order valence-corrected chi connectivity index (χ2v) is 7.56. The van der Waals surface area contributed by atoms with Gasteiger partial charge >= 0.3 is 5.97 Å². The molecule has 7 heteroatoms. The van der Waals surface area contributed by atoms with E-state index in [9.17, 15) is 19.5 Å². The van der Waals surface area contributed by atoms with Gasteiger partial charge in [-0.05, 0) is 32.1 Å². The molecule has 0 spiro atoms. The second kappa shape index (κ2) is 9.11. The number of carbonyl (C=O) groups excluding carboxylic acids is 2. The molecule has 2 amide bonds. The molecule has 0 bridgehead atoms. The zero-order chi connectivity index (χ0) is 17.5. The largest absolute Gasteiger partial charge is 0.478 e. The van der Waals surface area contributed by atoms with E-state index in [1.54, 1.807) is 11.8 Å². The number of aliphatic carboxylic acids is 1. The first-order valence-electron chi connectivity index (χ1n) is 8.62. The highest BCUT2D eigenvalue weighted by Gasteiger charge is 2.30. The summed E-state index contributed by atoms with van der Waals surface area (Å²) in [5, 5.41) is 11.9. The predicted octanol–water partition coefficient (Wildman–Crippen LogP) is 2.15. The fourth-order valence-corrected chi connectivity index (χ4v) is 4.54. The van der Waals surface area contributed by atoms with Crippen LogP contribution in [0, 0.1) is 0 Å². The highest BCUT2D eigenvalue weighted by atomic mass is 32.2. The van der Waals surface area contributed by atoms with Gasteiger partial charge in [0.05, 0.1) is 5.57 Å². The number of piperidine rings is 1. The van der Waals surface area contributed by atoms with Gasteiger partial charge in [-0.15, -0.1) is 11.8 Å². The molecule has 1 saturated heterocycles. The summed E-state index contributed by atoms with van der Waals surface area (Å²) < 4.78 is 0. The monoisotopic (exact) mass is 354 g/mol. The topological polar surface area (TPSA) is 86.7 Å². The lowest BCUT2D eigenvalue weighted by Gasteiger charge is -2.26. The van der Waals surface area contributed by atoms with Crippen LogP contribution in [-0.4, -0.2) is 51.9 Å². The summed E-state index contributed by atoms with van der Waals surface area (Å²) in [5.74, 6) is -0.550. The Bertz CT molecular complexity index is 527. The molecule has 0 radical (unpaired) electrons. The molecule has 0 aromatic heterocycles. The molecule has 2 N–H and O–H groups in total. The minimum atomic E-state index is -0.964. The van der Waals surface area contributed by atoms with Crippen molar-refractivity contribution in [2.24, 2.45) is 0 Å². The summed E-state index contributed by atoms with van der Waals surface area (Å²) in [7, 11) is 0. The standard InChI is InChI=1S/C17H26N2O4S/c1-12(20)18-16-13(17(22)23)11-24-14(16)7-3-4-8-15(21)19-9-5-2-6-10-19/h14H,2-11H2,1H3,(H,18,20)(H,22,23). The molecule has 2 rings (SSSR count). The maximum atomic E-state index is 12.1. The number of nitrogens with zero attached hydrogens (tertiary/aromatic N) is 1. The molecule has 134 valence electrons. The third kappa shape index (κ3) is 5.26. The van der Waals surface area contributed by atoms with Crippen molar-refractivity contribution < 1.29 is 19.5 Å². The molecule has 0 aromatic carbocycles. The molecule has 24 heavy (non-hydrogen) atoms. The Morgan fingerprint density at radius 3 is 2.54 bits per heavy atom. The fraction of sp³-hybridized carbons (Fsp3) is 0.706. The van der Waals surface area contributed by atoms with Crippen LogP contribution in [0.1, 0.15) is 51.9 Å². The van der Waals surface area contributed by atoms with E-state index in [-0.39, 0.29) is 17.1 Å². The second-order valence-electron chi connectivity index (χ2n) is 6.37. The van der Waals surface area contributed by atoms with Gasteiger partial charge in [0.15, 0.2) is 0 Å². The molecule has 1 fully saturated rings. The van der Waals surface area contributed by atoms with Crippen LogP contribution in [-0.2, 0) is 14.4 Å². The van der Waals surface area contributed by atoms with Gasteiger partial charge in [-0.1, -0.05) is 6.42 Å². The van der Waals surface area contributed by atoms with Gasteiger partial charge in [0.2, 0.25) is 11.8 Å². The molecule has 0 aromatic rings. The van der Waals surface area contributed by atoms with Crippen molar-refractivity contribution in [3.8, 4) is 0 Å². The lowest BCUT2D eigenvalue weighted by Crippen LogP contribution is -2.35. The van der Waals surface area contributed by atoms with Crippen LogP contribution in [0.15, 0.2) is 11.3 Å². The number of rotatable bonds is 7. The molecule has 6 nitrogen and oxygen atoms in total. The van der Waals surface area contributed by atoms with Gasteiger partial charge in [-0.25, -0.2) is 4.79 Å². The van der Waals surface area contributed by atoms with Gasteiger partial charge in [-0.2, -0.15) is 0 Å². The fourth-order valence-electron chi connectivity index (χ4n) is 3.20. The minimum absolute atomic E-state index is 0.00471. The highest BCUT2D eigenvalue weighted by molar-refractivity contribution is 8.00. The highest BCUT2D eigenvalue weighted by Crippen LogP contribution is 2.34. The summed E-state index contributed by atoms with van der Waals surface area (Å²) in [4.78, 5) is 36.7. The van der Waals surface area contributed by atoms with E-state index in [1.165, 1.54) is 13.3 Å². The van der Waals surface area contributed by atoms with E-state index in [0.717, 1.165) is 45.2 Å². The third-order valence-electron chi connectivity index (χ3n) is 4.46. The molecule has 1 unspecified atom stereocenters. The zero-order valence-corrected chi connectivity index (χ0v) is 15.0. The van der Waals surface area contributed by atoms with Crippen LogP contribution in [0.25, 0.3) is 0 Å². The molecular weight excluding hydrogens is 328 g/mol. The first-order chi connectivity index (χ1) is 11.5. The summed E-state index contributed by atoms with van der Waals surface area (Å²) >= 11 is 1.55. The maximum Gasteiger partial charge on any atom is 0.334 e. The van der Waals surface area contributed by atoms with Crippen molar-refractivity contribution in [3.63, 3.8) is 0 Å². The Labute approximate surface area is 147 Å². The van der Waals surface area contributed by atoms with E-state index >= 15 is 0 Å². The lowest BCUT2D eigenvalue weighted by molar-refractivity contribution is -0.133. The number of nitrogens with one attached hydrogen (secondary N) is 1. The number of carboxylic acids is 1. The van der Waals surface area contributed by atoms with Crippen molar-refractivity contribution >= 4 is 29.5 Å². The quantitative estimate of drug-likeness (QED) is 0.684. The Morgan fingerprint density at radius 2 is 1.92 bits per heavy atom. The number of thioether (sulfide) groups is 1. The summed E-state index contributed by atoms with van der Waals surface area (Å²) in [6.07, 6.45) is 6.43. The molecular formula is C17H26N2O4S. The average Bonchev–Trinajstić information content (AvgIpc) is 2.94. The van der Waals surface area contributed by atoms with E-state index < -0.39 is 5.97 Å². The van der Waals surface area contributed by atoms with Gasteiger partial charge < -0.3 is 15.3 Å². The van der Waals surface area contributed by atoms with Gasteiger partial charge in [0.1, 0.15) is 0 Å². The predicted molar refractivity (Wildman–Crippen MR) is 93.6 cm³/mol. The lowest BCUT2D eigenvalue weighted by atomic mass is 10.1. The molecule has 2 aliphatic rings. The Balaban J connectivity index is 1.77. The van der Waals surface area contributed by atoms with E-state index in [0.29, 0.717) is 23.4 Å². The summed E-state index contributed by atoms with van der Waals surface area (Å²) in [6.45, 7) is 3.16. The third-order valence-corrected chi connectivity index (χ3v) is 5.79. The van der Waals surface area contributed by atoms with E-state index in [2.05, 4.69) is 5.32 Å². The van der Waals surface area contributed by atoms with Crippen molar-refractivity contribution in [3.05, 3.63) is 11.3 Å². The smallest absolute Gasteiger partial charge is 0.334 e. The Hall–Kier alpha value is -1.50. The number of amides is 2. The maximum absolute atomic E-state index is 12.1. The number of hydrogen-bond donors (Lipinski definition) is 2. The molecule has 0 saturated carbocycles. The minimum Gasteiger partial charge on any atom is -0.478 e. The van der Waals surface area contributed by atoms with Crippen LogP contribution in [0.2, 0.25) is 0 Å². The van der Waals surface area contributed by atoms with Crippen LogP contribution in [0.4, 0.5) is 0 Å². The average molecular weight is 354 g/mol. The van der Waals surface area contributed by atoms with Crippen LogP contribution >= 0.6 is 11.8 Å². The first kappa shape index (κ1) is 18.8. The Morgan fingerprint density at radius 1 is 1.21 bits per heavy atom. The van der Waals surface area contributed by atoms with Crippen LogP contribution in [0.5, 0.6) is 0 Å². The molecule has 2 aliphatic heterocycles. The SMILES string of the molecule is CC(=O)NC1=C(C(=O)O)CSC1CCCCC(=O)N1CCCCC1. The van der Waals surface area contributed by atoms with Gasteiger partial charge in [-0.3, -0.25) is 9.59 Å². The van der Waals surface area contributed by atoms with Crippen LogP contribution < -0.4 is 5.32 Å². The normalized spacial score (nSPS) is 21.0. The molecule has 0 aliphatic carbocycles. The number of hydrogen-bond acceptors (Lipinski definition) is 4. The number of likely N-dealkylation sites (tertiary alicyclic amines) is 1.